The van der Waals surface area contributed by atoms with Gasteiger partial charge >= 0.3 is 5.97 Å². The van der Waals surface area contributed by atoms with Crippen LogP contribution in [-0.4, -0.2) is 31.2 Å². The van der Waals surface area contributed by atoms with Gasteiger partial charge in [-0.05, 0) is 66.3 Å². The first-order chi connectivity index (χ1) is 16.1. The number of nitrogens with zero attached hydrogens (tertiary/aromatic N) is 3. The van der Waals surface area contributed by atoms with E-state index in [1.165, 1.54) is 11.2 Å². The van der Waals surface area contributed by atoms with Gasteiger partial charge in [0, 0.05) is 9.79 Å². The predicted molar refractivity (Wildman–Crippen MR) is 128 cm³/mol. The zero-order valence-electron chi connectivity index (χ0n) is 18.1. The Morgan fingerprint density at radius 2 is 1.70 bits per heavy atom. The van der Waals surface area contributed by atoms with Crippen LogP contribution in [0.2, 0.25) is 0 Å². The summed E-state index contributed by atoms with van der Waals surface area (Å²) in [6.45, 7) is 0. The number of aliphatic carboxylic acids is 1. The first-order valence-electron chi connectivity index (χ1n) is 11.2. The fourth-order valence-corrected chi connectivity index (χ4v) is 5.42. The third kappa shape index (κ3) is 4.73. The molecule has 168 valence electrons. The molecule has 0 saturated heterocycles. The van der Waals surface area contributed by atoms with E-state index < -0.39 is 5.97 Å². The molecule has 3 aromatic carbocycles. The fourth-order valence-electron chi connectivity index (χ4n) is 4.55. The highest BCUT2D eigenvalue weighted by atomic mass is 32.2. The highest BCUT2D eigenvalue weighted by Gasteiger charge is 2.23. The average molecular weight is 460 g/mol. The Morgan fingerprint density at radius 3 is 2.45 bits per heavy atom. The molecule has 5 rings (SSSR count). The minimum Gasteiger partial charge on any atom is -0.505 e. The summed E-state index contributed by atoms with van der Waals surface area (Å²) in [5, 5.41) is 29.8. The van der Waals surface area contributed by atoms with Crippen LogP contribution in [-0.2, 0) is 11.2 Å². The molecule has 0 radical (unpaired) electrons. The number of hydrogen-bond donors (Lipinski definition) is 2. The minimum absolute atomic E-state index is 0.106. The average Bonchev–Trinajstić information content (AvgIpc) is 3.24. The first kappa shape index (κ1) is 21.5. The molecule has 4 aromatic rings. The normalized spacial score (nSPS) is 14.5. The molecule has 2 N–H and O–H groups in total. The number of fused-ring (bicyclic) bond motifs is 1. The number of rotatable bonds is 6. The van der Waals surface area contributed by atoms with Gasteiger partial charge in [-0.1, -0.05) is 55.3 Å². The molecule has 6 nitrogen and oxygen atoms in total. The van der Waals surface area contributed by atoms with Crippen molar-refractivity contribution in [3.63, 3.8) is 0 Å². The van der Waals surface area contributed by atoms with Crippen molar-refractivity contribution in [3.8, 4) is 11.4 Å². The number of aromatic hydroxyl groups is 1. The molecule has 0 bridgehead atoms. The summed E-state index contributed by atoms with van der Waals surface area (Å²) < 4.78 is 0. The van der Waals surface area contributed by atoms with E-state index in [0.717, 1.165) is 52.1 Å². The molecule has 1 aromatic heterocycles. The van der Waals surface area contributed by atoms with Gasteiger partial charge in [0.05, 0.1) is 6.42 Å². The van der Waals surface area contributed by atoms with Gasteiger partial charge < -0.3 is 10.2 Å². The van der Waals surface area contributed by atoms with Gasteiger partial charge in [-0.3, -0.25) is 4.79 Å². The van der Waals surface area contributed by atoms with E-state index in [1.54, 1.807) is 17.8 Å². The highest BCUT2D eigenvalue weighted by Crippen LogP contribution is 2.40. The zero-order chi connectivity index (χ0) is 22.8. The molecule has 1 fully saturated rings. The molecule has 0 aliphatic heterocycles. The Kier molecular flexibility index (Phi) is 6.05. The van der Waals surface area contributed by atoms with Gasteiger partial charge in [0.1, 0.15) is 22.5 Å². The lowest BCUT2D eigenvalue weighted by Crippen LogP contribution is -2.10. The summed E-state index contributed by atoms with van der Waals surface area (Å²) in [6, 6.07) is 19.6. The zero-order valence-corrected chi connectivity index (χ0v) is 19.0. The summed E-state index contributed by atoms with van der Waals surface area (Å²) in [4.78, 5) is 15.0. The van der Waals surface area contributed by atoms with Crippen molar-refractivity contribution in [1.29, 1.82) is 0 Å². The second-order valence-electron chi connectivity index (χ2n) is 8.51. The Bertz CT molecular complexity index is 1300. The van der Waals surface area contributed by atoms with Gasteiger partial charge in [-0.2, -0.15) is 0 Å². The van der Waals surface area contributed by atoms with Crippen molar-refractivity contribution < 1.29 is 15.0 Å². The fraction of sp³-hybridized carbons (Fsp3) is 0.269. The third-order valence-electron chi connectivity index (χ3n) is 6.13. The van der Waals surface area contributed by atoms with E-state index in [2.05, 4.69) is 22.3 Å². The summed E-state index contributed by atoms with van der Waals surface area (Å²) in [5.74, 6) is -0.525. The second-order valence-corrected chi connectivity index (χ2v) is 9.66. The molecular weight excluding hydrogens is 434 g/mol. The highest BCUT2D eigenvalue weighted by molar-refractivity contribution is 7.99. The topological polar surface area (TPSA) is 88.2 Å². The number of hydrogen-bond acceptors (Lipinski definition) is 5. The Labute approximate surface area is 196 Å². The Morgan fingerprint density at radius 1 is 0.939 bits per heavy atom. The van der Waals surface area contributed by atoms with Crippen LogP contribution in [0.15, 0.2) is 70.5 Å². The van der Waals surface area contributed by atoms with Gasteiger partial charge in [0.15, 0.2) is 0 Å². The molecule has 0 spiro atoms. The lowest BCUT2D eigenvalue weighted by molar-refractivity contribution is -0.136. The lowest BCUT2D eigenvalue weighted by atomic mass is 9.82. The Hall–Kier alpha value is -3.32. The summed E-state index contributed by atoms with van der Waals surface area (Å²) in [5.41, 5.74) is 3.33. The van der Waals surface area contributed by atoms with E-state index in [4.69, 9.17) is 0 Å². The van der Waals surface area contributed by atoms with Crippen LogP contribution < -0.4 is 0 Å². The molecule has 1 aliphatic carbocycles. The molecule has 0 amide bonds. The summed E-state index contributed by atoms with van der Waals surface area (Å²) in [7, 11) is 0. The van der Waals surface area contributed by atoms with Crippen molar-refractivity contribution in [2.75, 3.05) is 0 Å². The van der Waals surface area contributed by atoms with E-state index in [0.29, 0.717) is 11.3 Å². The van der Waals surface area contributed by atoms with Crippen molar-refractivity contribution >= 4 is 28.8 Å². The summed E-state index contributed by atoms with van der Waals surface area (Å²) in [6.07, 6.45) is 5.33. The maximum atomic E-state index is 11.4. The molecule has 1 saturated carbocycles. The van der Waals surface area contributed by atoms with E-state index >= 15 is 0 Å². The second kappa shape index (κ2) is 9.27. The van der Waals surface area contributed by atoms with Gasteiger partial charge in [0.2, 0.25) is 0 Å². The number of phenols is 1. The van der Waals surface area contributed by atoms with E-state index in [-0.39, 0.29) is 18.1 Å². The molecule has 0 unspecified atom stereocenters. The van der Waals surface area contributed by atoms with Gasteiger partial charge in [0.25, 0.3) is 0 Å². The number of aromatic nitrogens is 3. The van der Waals surface area contributed by atoms with Gasteiger partial charge in [-0.15, -0.1) is 15.0 Å². The molecule has 7 heteroatoms. The first-order valence-corrected chi connectivity index (χ1v) is 12.1. The standard InChI is InChI=1S/C26H25N3O3S/c30-25(31)15-17-13-21(18-7-3-1-4-8-18)26(32)24(14-17)29-27-22-12-11-20(16-23(22)28-29)33-19-9-5-2-6-10-19/h2,5-6,9-14,16,18,32H,1,3-4,7-8,15H2,(H,30,31). The summed E-state index contributed by atoms with van der Waals surface area (Å²) >= 11 is 1.65. The third-order valence-corrected chi connectivity index (χ3v) is 7.12. The van der Waals surface area contributed by atoms with Crippen LogP contribution in [0.4, 0.5) is 0 Å². The van der Waals surface area contributed by atoms with Crippen molar-refractivity contribution in [1.82, 2.24) is 15.0 Å². The SMILES string of the molecule is O=C(O)Cc1cc(C2CCCCC2)c(O)c(-n2nc3ccc(Sc4ccccc4)cc3n2)c1. The molecular formula is C26H25N3O3S. The van der Waals surface area contributed by atoms with E-state index in [1.807, 2.05) is 42.5 Å². The lowest BCUT2D eigenvalue weighted by Gasteiger charge is -2.24. The van der Waals surface area contributed by atoms with Crippen LogP contribution in [0.1, 0.15) is 49.1 Å². The molecule has 33 heavy (non-hydrogen) atoms. The maximum absolute atomic E-state index is 11.4. The quantitative estimate of drug-likeness (QED) is 0.370. The van der Waals surface area contributed by atoms with Crippen molar-refractivity contribution in [2.24, 2.45) is 0 Å². The molecule has 1 aliphatic rings. The van der Waals surface area contributed by atoms with Crippen LogP contribution in [0.25, 0.3) is 16.7 Å². The number of carboxylic acids is 1. The predicted octanol–water partition coefficient (Wildman–Crippen LogP) is 5.95. The number of carboxylic acid groups (broad SMARTS) is 1. The van der Waals surface area contributed by atoms with E-state index in [9.17, 15) is 15.0 Å². The molecule has 1 heterocycles. The minimum atomic E-state index is -0.901. The smallest absolute Gasteiger partial charge is 0.307 e. The van der Waals surface area contributed by atoms with Crippen LogP contribution in [0.5, 0.6) is 5.75 Å². The molecule has 0 atom stereocenters. The van der Waals surface area contributed by atoms with Crippen LogP contribution in [0.3, 0.4) is 0 Å². The number of benzene rings is 3. The van der Waals surface area contributed by atoms with Crippen molar-refractivity contribution in [2.45, 2.75) is 54.2 Å². The van der Waals surface area contributed by atoms with Crippen LogP contribution in [0, 0.1) is 0 Å². The number of phenolic OH excluding ortho intramolecular Hbond substituents is 1. The van der Waals surface area contributed by atoms with Gasteiger partial charge in [-0.25, -0.2) is 0 Å². The monoisotopic (exact) mass is 459 g/mol. The Balaban J connectivity index is 1.54. The largest absolute Gasteiger partial charge is 0.505 e. The number of carbonyl (C=O) groups is 1. The van der Waals surface area contributed by atoms with Crippen molar-refractivity contribution in [3.05, 3.63) is 71.8 Å². The maximum Gasteiger partial charge on any atom is 0.307 e. The van der Waals surface area contributed by atoms with Crippen LogP contribution >= 0.6 is 11.8 Å².